The van der Waals surface area contributed by atoms with Crippen LogP contribution in [0.3, 0.4) is 0 Å². The van der Waals surface area contributed by atoms with Gasteiger partial charge in [0.1, 0.15) is 0 Å². The molecule has 2 fully saturated rings. The molecule has 0 unspecified atom stereocenters. The Kier molecular flexibility index (Phi) is 5.42. The van der Waals surface area contributed by atoms with Crippen LogP contribution >= 0.6 is 11.8 Å². The largest absolute Gasteiger partial charge is 0.346 e. The van der Waals surface area contributed by atoms with Crippen molar-refractivity contribution in [2.75, 3.05) is 6.54 Å². The van der Waals surface area contributed by atoms with E-state index in [0.717, 1.165) is 35.9 Å². The van der Waals surface area contributed by atoms with Crippen molar-refractivity contribution < 1.29 is 9.59 Å². The minimum absolute atomic E-state index is 0.112. The second-order valence-electron chi connectivity index (χ2n) is 7.59. The quantitative estimate of drug-likeness (QED) is 0.684. The Morgan fingerprint density at radius 3 is 2.48 bits per heavy atom. The molecule has 1 aliphatic carbocycles. The predicted molar refractivity (Wildman–Crippen MR) is 104 cm³/mol. The van der Waals surface area contributed by atoms with E-state index in [9.17, 15) is 9.59 Å². The Morgan fingerprint density at radius 1 is 1.20 bits per heavy atom. The maximum atomic E-state index is 12.7. The van der Waals surface area contributed by atoms with Crippen molar-refractivity contribution in [1.82, 2.24) is 9.47 Å². The molecule has 2 amide bonds. The SMILES string of the molecule is Cc1cc(/C=C2/SC(=O)N(CC3CCCCC3)C2=O)c(C)n1C(C)C. The highest BCUT2D eigenvalue weighted by Crippen LogP contribution is 2.35. The van der Waals surface area contributed by atoms with Crippen molar-refractivity contribution in [3.05, 3.63) is 27.9 Å². The molecule has 2 aliphatic rings. The molecule has 0 N–H and O–H groups in total. The molecule has 136 valence electrons. The molecule has 2 heterocycles. The number of amides is 2. The average Bonchev–Trinajstić information content (AvgIpc) is 2.99. The first-order valence-electron chi connectivity index (χ1n) is 9.32. The summed E-state index contributed by atoms with van der Waals surface area (Å²) in [6.07, 6.45) is 7.89. The normalized spacial score (nSPS) is 21.2. The number of aryl methyl sites for hydroxylation is 1. The second kappa shape index (κ2) is 7.40. The van der Waals surface area contributed by atoms with E-state index in [2.05, 4.69) is 38.3 Å². The summed E-state index contributed by atoms with van der Waals surface area (Å²) >= 11 is 1.09. The van der Waals surface area contributed by atoms with E-state index in [4.69, 9.17) is 0 Å². The lowest BCUT2D eigenvalue weighted by atomic mass is 9.89. The Balaban J connectivity index is 1.79. The van der Waals surface area contributed by atoms with Crippen LogP contribution in [0, 0.1) is 19.8 Å². The molecular weight excluding hydrogens is 332 g/mol. The van der Waals surface area contributed by atoms with Crippen molar-refractivity contribution in [1.29, 1.82) is 0 Å². The lowest BCUT2D eigenvalue weighted by Gasteiger charge is -2.25. The third-order valence-electron chi connectivity index (χ3n) is 5.37. The number of hydrogen-bond donors (Lipinski definition) is 0. The Labute approximate surface area is 154 Å². The predicted octanol–water partition coefficient (Wildman–Crippen LogP) is 5.30. The van der Waals surface area contributed by atoms with E-state index in [-0.39, 0.29) is 11.1 Å². The molecule has 1 aromatic rings. The smallest absolute Gasteiger partial charge is 0.293 e. The van der Waals surface area contributed by atoms with Crippen LogP contribution in [-0.4, -0.2) is 27.2 Å². The highest BCUT2D eigenvalue weighted by atomic mass is 32.2. The van der Waals surface area contributed by atoms with E-state index in [1.54, 1.807) is 0 Å². The minimum atomic E-state index is -0.116. The van der Waals surface area contributed by atoms with Crippen LogP contribution in [0.2, 0.25) is 0 Å². The first kappa shape index (κ1) is 18.3. The molecule has 1 saturated heterocycles. The summed E-state index contributed by atoms with van der Waals surface area (Å²) in [5.41, 5.74) is 3.36. The number of hydrogen-bond acceptors (Lipinski definition) is 3. The zero-order chi connectivity index (χ0) is 18.1. The molecule has 0 bridgehead atoms. The monoisotopic (exact) mass is 360 g/mol. The second-order valence-corrected chi connectivity index (χ2v) is 8.58. The van der Waals surface area contributed by atoms with Crippen molar-refractivity contribution >= 4 is 29.0 Å². The third kappa shape index (κ3) is 3.71. The van der Waals surface area contributed by atoms with E-state index in [0.29, 0.717) is 23.4 Å². The molecule has 25 heavy (non-hydrogen) atoms. The molecular formula is C20H28N2O2S. The van der Waals surface area contributed by atoms with E-state index < -0.39 is 0 Å². The third-order valence-corrected chi connectivity index (χ3v) is 6.27. The molecule has 3 rings (SSSR count). The lowest BCUT2D eigenvalue weighted by molar-refractivity contribution is -0.123. The first-order valence-corrected chi connectivity index (χ1v) is 10.1. The fourth-order valence-corrected chi connectivity index (χ4v) is 5.01. The van der Waals surface area contributed by atoms with Gasteiger partial charge in [0, 0.05) is 24.0 Å². The van der Waals surface area contributed by atoms with Gasteiger partial charge in [-0.15, -0.1) is 0 Å². The number of aromatic nitrogens is 1. The summed E-state index contributed by atoms with van der Waals surface area (Å²) in [6, 6.07) is 2.48. The topological polar surface area (TPSA) is 42.3 Å². The molecule has 1 aliphatic heterocycles. The summed E-state index contributed by atoms with van der Waals surface area (Å²) in [5, 5.41) is -0.112. The molecule has 0 spiro atoms. The zero-order valence-electron chi connectivity index (χ0n) is 15.7. The van der Waals surface area contributed by atoms with Crippen LogP contribution in [0.1, 0.15) is 68.9 Å². The van der Waals surface area contributed by atoms with Crippen LogP contribution < -0.4 is 0 Å². The van der Waals surface area contributed by atoms with Gasteiger partial charge in [0.2, 0.25) is 0 Å². The molecule has 4 nitrogen and oxygen atoms in total. The molecule has 0 radical (unpaired) electrons. The van der Waals surface area contributed by atoms with E-state index in [1.165, 1.54) is 29.9 Å². The number of rotatable bonds is 4. The summed E-state index contributed by atoms with van der Waals surface area (Å²) < 4.78 is 2.26. The van der Waals surface area contributed by atoms with Crippen molar-refractivity contribution in [2.24, 2.45) is 5.92 Å². The van der Waals surface area contributed by atoms with E-state index in [1.807, 2.05) is 6.08 Å². The summed E-state index contributed by atoms with van der Waals surface area (Å²) in [5.74, 6) is 0.363. The molecule has 0 aromatic carbocycles. The summed E-state index contributed by atoms with van der Waals surface area (Å²) in [7, 11) is 0. The Bertz CT molecular complexity index is 712. The first-order chi connectivity index (χ1) is 11.9. The van der Waals surface area contributed by atoms with Crippen LogP contribution in [-0.2, 0) is 4.79 Å². The van der Waals surface area contributed by atoms with Crippen LogP contribution in [0.4, 0.5) is 4.79 Å². The lowest BCUT2D eigenvalue weighted by Crippen LogP contribution is -2.34. The van der Waals surface area contributed by atoms with Crippen molar-refractivity contribution in [3.8, 4) is 0 Å². The van der Waals surface area contributed by atoms with Crippen LogP contribution in [0.25, 0.3) is 6.08 Å². The standard InChI is InChI=1S/C20H28N2O2S/c1-13(2)22-14(3)10-17(15(22)4)11-18-19(23)21(20(24)25-18)12-16-8-6-5-7-9-16/h10-11,13,16H,5-9,12H2,1-4H3/b18-11+. The number of carbonyl (C=O) groups excluding carboxylic acids is 2. The minimum Gasteiger partial charge on any atom is -0.346 e. The van der Waals surface area contributed by atoms with Crippen LogP contribution in [0.15, 0.2) is 11.0 Å². The van der Waals surface area contributed by atoms with Gasteiger partial charge in [-0.1, -0.05) is 19.3 Å². The molecule has 0 atom stereocenters. The van der Waals surface area contributed by atoms with Gasteiger partial charge in [-0.3, -0.25) is 14.5 Å². The Morgan fingerprint density at radius 2 is 1.88 bits per heavy atom. The van der Waals surface area contributed by atoms with Gasteiger partial charge >= 0.3 is 0 Å². The number of nitrogens with zero attached hydrogens (tertiary/aromatic N) is 2. The van der Waals surface area contributed by atoms with Gasteiger partial charge in [0.05, 0.1) is 4.91 Å². The average molecular weight is 361 g/mol. The summed E-state index contributed by atoms with van der Waals surface area (Å²) in [6.45, 7) is 9.06. The highest BCUT2D eigenvalue weighted by molar-refractivity contribution is 8.18. The Hall–Kier alpha value is -1.49. The van der Waals surface area contributed by atoms with Gasteiger partial charge < -0.3 is 4.57 Å². The van der Waals surface area contributed by atoms with Gasteiger partial charge in [0.25, 0.3) is 11.1 Å². The fourth-order valence-electron chi connectivity index (χ4n) is 4.17. The molecule has 1 aromatic heterocycles. The van der Waals surface area contributed by atoms with E-state index >= 15 is 0 Å². The van der Waals surface area contributed by atoms with Gasteiger partial charge in [-0.05, 0) is 75.9 Å². The van der Waals surface area contributed by atoms with Crippen molar-refractivity contribution in [3.63, 3.8) is 0 Å². The fraction of sp³-hybridized carbons (Fsp3) is 0.600. The van der Waals surface area contributed by atoms with Gasteiger partial charge in [-0.2, -0.15) is 0 Å². The van der Waals surface area contributed by atoms with Gasteiger partial charge in [-0.25, -0.2) is 0 Å². The number of carbonyl (C=O) groups is 2. The maximum Gasteiger partial charge on any atom is 0.293 e. The summed E-state index contributed by atoms with van der Waals surface area (Å²) in [4.78, 5) is 27.1. The van der Waals surface area contributed by atoms with Gasteiger partial charge in [0.15, 0.2) is 0 Å². The number of thioether (sulfide) groups is 1. The molecule has 1 saturated carbocycles. The number of imide groups is 1. The van der Waals surface area contributed by atoms with Crippen LogP contribution in [0.5, 0.6) is 0 Å². The van der Waals surface area contributed by atoms with Crippen molar-refractivity contribution in [2.45, 2.75) is 65.8 Å². The molecule has 5 heteroatoms. The zero-order valence-corrected chi connectivity index (χ0v) is 16.5. The highest BCUT2D eigenvalue weighted by Gasteiger charge is 2.36. The maximum absolute atomic E-state index is 12.7.